The molecule has 1 unspecified atom stereocenters. The molecule has 0 saturated carbocycles. The van der Waals surface area contributed by atoms with E-state index in [1.54, 1.807) is 11.3 Å². The second-order valence-corrected chi connectivity index (χ2v) is 4.91. The number of hydrogen-bond acceptors (Lipinski definition) is 2. The molecule has 1 N–H and O–H groups in total. The van der Waals surface area contributed by atoms with Gasteiger partial charge >= 0.3 is 0 Å². The van der Waals surface area contributed by atoms with Gasteiger partial charge in [0.25, 0.3) is 0 Å². The Morgan fingerprint density at radius 3 is 3.00 bits per heavy atom. The Kier molecular flexibility index (Phi) is 3.37. The summed E-state index contributed by atoms with van der Waals surface area (Å²) in [5.74, 6) is 2.43. The number of hydrogen-bond donors (Lipinski definition) is 1. The van der Waals surface area contributed by atoms with Gasteiger partial charge in [-0.05, 0) is 39.6 Å². The zero-order chi connectivity index (χ0) is 8.27. The Morgan fingerprint density at radius 1 is 1.82 bits per heavy atom. The van der Waals surface area contributed by atoms with Gasteiger partial charge < -0.3 is 5.11 Å². The van der Waals surface area contributed by atoms with Gasteiger partial charge in [-0.25, -0.2) is 0 Å². The molecule has 0 aliphatic rings. The monoisotopic (exact) mass is 278 g/mol. The van der Waals surface area contributed by atoms with E-state index in [-0.39, 0.29) is 0 Å². The van der Waals surface area contributed by atoms with Crippen LogP contribution in [0.5, 0.6) is 0 Å². The lowest BCUT2D eigenvalue weighted by Crippen LogP contribution is -1.92. The van der Waals surface area contributed by atoms with Crippen LogP contribution in [0.4, 0.5) is 0 Å². The molecular weight excluding hydrogens is 271 g/mol. The molecule has 3 heteroatoms. The zero-order valence-corrected chi connectivity index (χ0v) is 8.72. The Hall–Kier alpha value is -0.0500. The van der Waals surface area contributed by atoms with Gasteiger partial charge in [0.1, 0.15) is 0 Å². The van der Waals surface area contributed by atoms with Gasteiger partial charge in [0.15, 0.2) is 0 Å². The third kappa shape index (κ3) is 2.47. The molecule has 1 aromatic rings. The van der Waals surface area contributed by atoms with Crippen molar-refractivity contribution in [1.29, 1.82) is 0 Å². The van der Waals surface area contributed by atoms with Crippen molar-refractivity contribution in [2.75, 3.05) is 0 Å². The zero-order valence-electron chi connectivity index (χ0n) is 5.75. The first-order chi connectivity index (χ1) is 5.24. The third-order valence-corrected chi connectivity index (χ3v) is 3.09. The van der Waals surface area contributed by atoms with Crippen molar-refractivity contribution in [1.82, 2.24) is 0 Å². The predicted molar refractivity (Wildman–Crippen MR) is 55.4 cm³/mol. The molecule has 1 atom stereocenters. The minimum atomic E-state index is -0.486. The summed E-state index contributed by atoms with van der Waals surface area (Å²) < 4.78 is 1.17. The Labute approximate surface area is 83.6 Å². The molecular formula is C8H7IOS. The number of terminal acetylenes is 1. The molecule has 0 aromatic carbocycles. The second kappa shape index (κ2) is 4.10. The van der Waals surface area contributed by atoms with E-state index in [0.717, 1.165) is 5.56 Å². The van der Waals surface area contributed by atoms with Crippen LogP contribution < -0.4 is 0 Å². The average Bonchev–Trinajstić information content (AvgIpc) is 2.36. The van der Waals surface area contributed by atoms with Gasteiger partial charge in [0.2, 0.25) is 0 Å². The summed E-state index contributed by atoms with van der Waals surface area (Å²) in [5, 5.41) is 11.3. The summed E-state index contributed by atoms with van der Waals surface area (Å²) in [6.07, 6.45) is 4.97. The van der Waals surface area contributed by atoms with E-state index in [2.05, 4.69) is 28.5 Å². The lowest BCUT2D eigenvalue weighted by Gasteiger charge is -2.01. The first kappa shape index (κ1) is 9.04. The highest BCUT2D eigenvalue weighted by Gasteiger charge is 2.06. The Balaban J connectivity index is 2.70. The highest BCUT2D eigenvalue weighted by molar-refractivity contribution is 14.1. The summed E-state index contributed by atoms with van der Waals surface area (Å²) in [6.45, 7) is 0. The summed E-state index contributed by atoms with van der Waals surface area (Å²) in [5.41, 5.74) is 0.928. The molecule has 0 aliphatic heterocycles. The highest BCUT2D eigenvalue weighted by Crippen LogP contribution is 2.23. The molecule has 1 aromatic heterocycles. The summed E-state index contributed by atoms with van der Waals surface area (Å²) in [6, 6.07) is 1.95. The van der Waals surface area contributed by atoms with Crippen LogP contribution in [0.3, 0.4) is 0 Å². The van der Waals surface area contributed by atoms with E-state index >= 15 is 0 Å². The molecule has 1 heterocycles. The standard InChI is InChI=1S/C8H7IOS/c1-2-3-7(10)6-4-8(9)11-5-6/h1,4-5,7,10H,3H2. The van der Waals surface area contributed by atoms with Gasteiger partial charge in [-0.3, -0.25) is 0 Å². The number of aliphatic hydroxyl groups excluding tert-OH is 1. The van der Waals surface area contributed by atoms with Crippen LogP contribution >= 0.6 is 33.9 Å². The summed E-state index contributed by atoms with van der Waals surface area (Å²) in [7, 11) is 0. The molecule has 1 nitrogen and oxygen atoms in total. The van der Waals surface area contributed by atoms with Crippen LogP contribution in [0.1, 0.15) is 18.1 Å². The lowest BCUT2D eigenvalue weighted by molar-refractivity contribution is 0.184. The highest BCUT2D eigenvalue weighted by atomic mass is 127. The van der Waals surface area contributed by atoms with Crippen molar-refractivity contribution < 1.29 is 5.11 Å². The van der Waals surface area contributed by atoms with Crippen LogP contribution in [-0.2, 0) is 0 Å². The Morgan fingerprint density at radius 2 is 2.55 bits per heavy atom. The molecule has 1 rings (SSSR count). The van der Waals surface area contributed by atoms with Crippen LogP contribution in [0, 0.1) is 15.2 Å². The topological polar surface area (TPSA) is 20.2 Å². The molecule has 0 saturated heterocycles. The minimum Gasteiger partial charge on any atom is -0.387 e. The molecule has 58 valence electrons. The predicted octanol–water partition coefficient (Wildman–Crippen LogP) is 2.41. The number of thiophene rings is 1. The van der Waals surface area contributed by atoms with Gasteiger partial charge in [-0.2, -0.15) is 0 Å². The molecule has 11 heavy (non-hydrogen) atoms. The quantitative estimate of drug-likeness (QED) is 0.650. The summed E-state index contributed by atoms with van der Waals surface area (Å²) >= 11 is 3.83. The van der Waals surface area contributed by atoms with Crippen molar-refractivity contribution in [3.05, 3.63) is 19.9 Å². The van der Waals surface area contributed by atoms with Crippen LogP contribution in [-0.4, -0.2) is 5.11 Å². The third-order valence-electron chi connectivity index (χ3n) is 1.28. The Bertz CT molecular complexity index is 274. The molecule has 0 spiro atoms. The second-order valence-electron chi connectivity index (χ2n) is 2.11. The van der Waals surface area contributed by atoms with E-state index in [9.17, 15) is 5.11 Å². The van der Waals surface area contributed by atoms with Crippen LogP contribution in [0.25, 0.3) is 0 Å². The van der Waals surface area contributed by atoms with Gasteiger partial charge in [-0.15, -0.1) is 23.7 Å². The van der Waals surface area contributed by atoms with E-state index in [0.29, 0.717) is 6.42 Å². The van der Waals surface area contributed by atoms with Crippen LogP contribution in [0.15, 0.2) is 11.4 Å². The fraction of sp³-hybridized carbons (Fsp3) is 0.250. The average molecular weight is 278 g/mol. The van der Waals surface area contributed by atoms with E-state index in [1.165, 1.54) is 2.88 Å². The molecule has 0 amide bonds. The fourth-order valence-corrected chi connectivity index (χ4v) is 2.15. The van der Waals surface area contributed by atoms with Crippen molar-refractivity contribution >= 4 is 33.9 Å². The van der Waals surface area contributed by atoms with Gasteiger partial charge in [0.05, 0.1) is 8.99 Å². The maximum atomic E-state index is 9.39. The van der Waals surface area contributed by atoms with Crippen molar-refractivity contribution in [2.24, 2.45) is 0 Å². The fourth-order valence-electron chi connectivity index (χ4n) is 0.728. The SMILES string of the molecule is C#CCC(O)c1csc(I)c1. The first-order valence-electron chi connectivity index (χ1n) is 3.09. The maximum Gasteiger partial charge on any atom is 0.0907 e. The smallest absolute Gasteiger partial charge is 0.0907 e. The van der Waals surface area contributed by atoms with Crippen LogP contribution in [0.2, 0.25) is 0 Å². The number of aliphatic hydroxyl groups is 1. The van der Waals surface area contributed by atoms with Crippen molar-refractivity contribution in [2.45, 2.75) is 12.5 Å². The molecule has 0 aliphatic carbocycles. The number of halogens is 1. The molecule has 0 bridgehead atoms. The van der Waals surface area contributed by atoms with Crippen molar-refractivity contribution in [3.8, 4) is 12.3 Å². The minimum absolute atomic E-state index is 0.396. The van der Waals surface area contributed by atoms with Gasteiger partial charge in [-0.1, -0.05) is 0 Å². The lowest BCUT2D eigenvalue weighted by atomic mass is 10.1. The number of rotatable bonds is 2. The van der Waals surface area contributed by atoms with E-state index in [4.69, 9.17) is 6.42 Å². The largest absolute Gasteiger partial charge is 0.387 e. The maximum absolute atomic E-state index is 9.39. The summed E-state index contributed by atoms with van der Waals surface area (Å²) in [4.78, 5) is 0. The normalized spacial score (nSPS) is 12.5. The molecule has 0 fully saturated rings. The van der Waals surface area contributed by atoms with E-state index < -0.39 is 6.10 Å². The molecule has 0 radical (unpaired) electrons. The first-order valence-corrected chi connectivity index (χ1v) is 5.05. The van der Waals surface area contributed by atoms with Gasteiger partial charge in [0, 0.05) is 6.42 Å². The van der Waals surface area contributed by atoms with E-state index in [1.807, 2.05) is 11.4 Å². The van der Waals surface area contributed by atoms with Crippen molar-refractivity contribution in [3.63, 3.8) is 0 Å².